The molecule has 1 aromatic carbocycles. The second-order valence-corrected chi connectivity index (χ2v) is 6.14. The van der Waals surface area contributed by atoms with Crippen LogP contribution in [0.3, 0.4) is 0 Å². The van der Waals surface area contributed by atoms with Gasteiger partial charge in [0.2, 0.25) is 0 Å². The summed E-state index contributed by atoms with van der Waals surface area (Å²) in [5.74, 6) is 0. The third-order valence-corrected chi connectivity index (χ3v) is 4.89. The Balaban J connectivity index is 1.88. The number of fused-ring (bicyclic) bond motifs is 3. The van der Waals surface area contributed by atoms with Crippen LogP contribution in [0.2, 0.25) is 0 Å². The van der Waals surface area contributed by atoms with Gasteiger partial charge in [0, 0.05) is 32.7 Å². The molecule has 2 bridgehead atoms. The number of nitrogens with zero attached hydrogens (tertiary/aromatic N) is 2. The van der Waals surface area contributed by atoms with E-state index in [0.717, 1.165) is 38.3 Å². The van der Waals surface area contributed by atoms with Crippen molar-refractivity contribution in [1.82, 2.24) is 9.80 Å². The van der Waals surface area contributed by atoms with E-state index in [4.69, 9.17) is 0 Å². The smallest absolute Gasteiger partial charge is 0.0960 e. The number of hydrogen-bond acceptors (Lipinski definition) is 3. The minimum absolute atomic E-state index is 0.267. The molecule has 0 amide bonds. The first-order chi connectivity index (χ1) is 9.06. The van der Waals surface area contributed by atoms with E-state index in [1.807, 2.05) is 0 Å². The van der Waals surface area contributed by atoms with Gasteiger partial charge in [0.1, 0.15) is 0 Å². The van der Waals surface area contributed by atoms with Crippen molar-refractivity contribution in [1.29, 1.82) is 0 Å². The molecule has 3 aliphatic heterocycles. The van der Waals surface area contributed by atoms with Crippen molar-refractivity contribution in [3.8, 4) is 0 Å². The summed E-state index contributed by atoms with van der Waals surface area (Å²) in [6.07, 6.45) is -0.359. The van der Waals surface area contributed by atoms with E-state index in [-0.39, 0.29) is 12.1 Å². The molecule has 0 aromatic heterocycles. The van der Waals surface area contributed by atoms with Crippen LogP contribution in [-0.2, 0) is 0 Å². The van der Waals surface area contributed by atoms with Crippen molar-refractivity contribution >= 4 is 0 Å². The van der Waals surface area contributed by atoms with Crippen LogP contribution in [0.5, 0.6) is 0 Å². The number of benzene rings is 1. The summed E-state index contributed by atoms with van der Waals surface area (Å²) in [5.41, 5.74) is 4.91. The molecular formula is C16H24N2O. The largest absolute Gasteiger partial charge is 0.387 e. The fraction of sp³-hybridized carbons (Fsp3) is 0.625. The highest BCUT2D eigenvalue weighted by molar-refractivity contribution is 5.38. The molecule has 3 aliphatic rings. The standard InChI is InChI=1S/C16H24N2O/c1-11-8-13(3)14(9-12(11)2)16(19)15-10-17-4-6-18(15)7-5-17/h8-9,15-16,19H,4-7,10H2,1-3H3. The van der Waals surface area contributed by atoms with Crippen molar-refractivity contribution in [2.45, 2.75) is 32.9 Å². The number of piperazine rings is 3. The van der Waals surface area contributed by atoms with Gasteiger partial charge in [-0.2, -0.15) is 0 Å². The third kappa shape index (κ3) is 2.31. The molecule has 2 atom stereocenters. The summed E-state index contributed by atoms with van der Waals surface area (Å²) in [7, 11) is 0. The lowest BCUT2D eigenvalue weighted by Gasteiger charge is -2.49. The van der Waals surface area contributed by atoms with Gasteiger partial charge in [-0.05, 0) is 43.0 Å². The fourth-order valence-corrected chi connectivity index (χ4v) is 3.47. The van der Waals surface area contributed by atoms with E-state index in [1.165, 1.54) is 16.7 Å². The van der Waals surface area contributed by atoms with E-state index in [1.54, 1.807) is 0 Å². The van der Waals surface area contributed by atoms with Gasteiger partial charge in [-0.25, -0.2) is 0 Å². The zero-order chi connectivity index (χ0) is 13.6. The Morgan fingerprint density at radius 2 is 1.63 bits per heavy atom. The summed E-state index contributed by atoms with van der Waals surface area (Å²) in [6.45, 7) is 11.9. The van der Waals surface area contributed by atoms with E-state index >= 15 is 0 Å². The summed E-state index contributed by atoms with van der Waals surface area (Å²) in [6, 6.07) is 4.64. The highest BCUT2D eigenvalue weighted by atomic mass is 16.3. The SMILES string of the molecule is Cc1cc(C)c(C(O)C2CN3CCN2CC3)cc1C. The minimum atomic E-state index is -0.359. The van der Waals surface area contributed by atoms with Crippen LogP contribution < -0.4 is 0 Å². The molecule has 4 rings (SSSR count). The Bertz CT molecular complexity index is 478. The van der Waals surface area contributed by atoms with Crippen LogP contribution in [0, 0.1) is 20.8 Å². The maximum absolute atomic E-state index is 10.8. The zero-order valence-electron chi connectivity index (χ0n) is 12.2. The van der Waals surface area contributed by atoms with Crippen molar-refractivity contribution in [3.05, 3.63) is 34.4 Å². The molecular weight excluding hydrogens is 236 g/mol. The number of hydrogen-bond donors (Lipinski definition) is 1. The van der Waals surface area contributed by atoms with E-state index < -0.39 is 0 Å². The molecule has 0 saturated carbocycles. The Morgan fingerprint density at radius 1 is 1.00 bits per heavy atom. The van der Waals surface area contributed by atoms with E-state index in [2.05, 4.69) is 42.7 Å². The van der Waals surface area contributed by atoms with Crippen molar-refractivity contribution in [2.75, 3.05) is 32.7 Å². The van der Waals surface area contributed by atoms with Crippen LogP contribution in [0.25, 0.3) is 0 Å². The minimum Gasteiger partial charge on any atom is -0.387 e. The van der Waals surface area contributed by atoms with Gasteiger partial charge < -0.3 is 5.11 Å². The molecule has 2 unspecified atom stereocenters. The first-order valence-corrected chi connectivity index (χ1v) is 7.28. The molecule has 19 heavy (non-hydrogen) atoms. The predicted molar refractivity (Wildman–Crippen MR) is 77.4 cm³/mol. The van der Waals surface area contributed by atoms with Crippen LogP contribution >= 0.6 is 0 Å². The van der Waals surface area contributed by atoms with Crippen molar-refractivity contribution < 1.29 is 5.11 Å². The number of aliphatic hydroxyl groups excluding tert-OH is 1. The second kappa shape index (κ2) is 4.89. The fourth-order valence-electron chi connectivity index (χ4n) is 3.47. The second-order valence-electron chi connectivity index (χ2n) is 6.14. The van der Waals surface area contributed by atoms with Crippen molar-refractivity contribution in [2.24, 2.45) is 0 Å². The first-order valence-electron chi connectivity index (χ1n) is 7.28. The molecule has 3 fully saturated rings. The average molecular weight is 260 g/mol. The van der Waals surface area contributed by atoms with Crippen LogP contribution in [0.4, 0.5) is 0 Å². The number of aryl methyl sites for hydroxylation is 3. The summed E-state index contributed by atoms with van der Waals surface area (Å²) in [5, 5.41) is 10.8. The molecule has 3 nitrogen and oxygen atoms in total. The molecule has 1 N–H and O–H groups in total. The lowest BCUT2D eigenvalue weighted by Crippen LogP contribution is -2.62. The highest BCUT2D eigenvalue weighted by Gasteiger charge is 2.37. The maximum Gasteiger partial charge on any atom is 0.0960 e. The van der Waals surface area contributed by atoms with E-state index in [0.29, 0.717) is 0 Å². The first kappa shape index (κ1) is 13.1. The molecule has 1 aromatic rings. The van der Waals surface area contributed by atoms with Gasteiger partial charge in [-0.15, -0.1) is 0 Å². The predicted octanol–water partition coefficient (Wildman–Crippen LogP) is 1.65. The number of aliphatic hydroxyl groups is 1. The summed E-state index contributed by atoms with van der Waals surface area (Å²) >= 11 is 0. The lowest BCUT2D eigenvalue weighted by atomic mass is 9.91. The van der Waals surface area contributed by atoms with Gasteiger partial charge in [-0.1, -0.05) is 12.1 Å². The van der Waals surface area contributed by atoms with Crippen LogP contribution in [0.1, 0.15) is 28.4 Å². The average Bonchev–Trinajstić information content (AvgIpc) is 2.43. The number of rotatable bonds is 2. The summed E-state index contributed by atoms with van der Waals surface area (Å²) < 4.78 is 0. The maximum atomic E-state index is 10.8. The lowest BCUT2D eigenvalue weighted by molar-refractivity contribution is -0.0472. The van der Waals surface area contributed by atoms with Gasteiger partial charge in [-0.3, -0.25) is 9.80 Å². The van der Waals surface area contributed by atoms with Crippen molar-refractivity contribution in [3.63, 3.8) is 0 Å². The monoisotopic (exact) mass is 260 g/mol. The highest BCUT2D eigenvalue weighted by Crippen LogP contribution is 2.30. The Labute approximate surface area is 115 Å². The molecule has 3 saturated heterocycles. The van der Waals surface area contributed by atoms with Crippen LogP contribution in [-0.4, -0.2) is 53.7 Å². The van der Waals surface area contributed by atoms with Gasteiger partial charge in [0.05, 0.1) is 12.1 Å². The summed E-state index contributed by atoms with van der Waals surface area (Å²) in [4.78, 5) is 4.93. The third-order valence-electron chi connectivity index (χ3n) is 4.89. The van der Waals surface area contributed by atoms with E-state index in [9.17, 15) is 5.11 Å². The molecule has 3 heterocycles. The van der Waals surface area contributed by atoms with Gasteiger partial charge in [0.15, 0.2) is 0 Å². The Hall–Kier alpha value is -0.900. The Morgan fingerprint density at radius 3 is 2.21 bits per heavy atom. The normalized spacial score (nSPS) is 31.5. The quantitative estimate of drug-likeness (QED) is 0.876. The van der Waals surface area contributed by atoms with Gasteiger partial charge in [0.25, 0.3) is 0 Å². The molecule has 104 valence electrons. The zero-order valence-corrected chi connectivity index (χ0v) is 12.2. The van der Waals surface area contributed by atoms with Crippen LogP contribution in [0.15, 0.2) is 12.1 Å². The molecule has 3 heteroatoms. The molecule has 0 spiro atoms. The molecule has 0 aliphatic carbocycles. The topological polar surface area (TPSA) is 26.7 Å². The molecule has 0 radical (unpaired) electrons. The Kier molecular flexibility index (Phi) is 3.37. The van der Waals surface area contributed by atoms with Gasteiger partial charge >= 0.3 is 0 Å².